The van der Waals surface area contributed by atoms with Crippen LogP contribution in [0.5, 0.6) is 0 Å². The summed E-state index contributed by atoms with van der Waals surface area (Å²) in [6, 6.07) is 7.40. The van der Waals surface area contributed by atoms with E-state index in [1.807, 2.05) is 58.0 Å². The maximum absolute atomic E-state index is 15.1. The highest BCUT2D eigenvalue weighted by molar-refractivity contribution is 5.99. The number of ether oxygens (including phenoxy) is 2. The number of benzene rings is 1. The van der Waals surface area contributed by atoms with Crippen LogP contribution in [-0.2, 0) is 23.9 Å². The first-order chi connectivity index (χ1) is 20.6. The van der Waals surface area contributed by atoms with E-state index in [-0.39, 0.29) is 36.3 Å². The van der Waals surface area contributed by atoms with Gasteiger partial charge in [0, 0.05) is 12.1 Å². The number of likely N-dealkylation sites (tertiary alicyclic amines) is 1. The van der Waals surface area contributed by atoms with Gasteiger partial charge < -0.3 is 24.4 Å². The SMILES string of the molecule is C=CCCCOC(=O)[C@@H]1[C@H]2C(=O)N([C@H](CO)c3ccccc3)C(C(=O)N(CC=C)C(C)(C)CC(C)(C)C)C23CC(C)[C@@]1(C)O3. The minimum Gasteiger partial charge on any atom is -0.465 e. The molecule has 242 valence electrons. The van der Waals surface area contributed by atoms with Gasteiger partial charge in [0.05, 0.1) is 30.8 Å². The van der Waals surface area contributed by atoms with E-state index >= 15 is 4.79 Å². The first-order valence-corrected chi connectivity index (χ1v) is 16.0. The average Bonchev–Trinajstić information content (AvgIpc) is 3.46. The lowest BCUT2D eigenvalue weighted by Crippen LogP contribution is -2.61. The molecule has 8 heteroatoms. The second kappa shape index (κ2) is 12.4. The van der Waals surface area contributed by atoms with Gasteiger partial charge in [0.2, 0.25) is 11.8 Å². The molecule has 3 fully saturated rings. The molecular formula is C36H52N2O6. The number of hydrogen-bond acceptors (Lipinski definition) is 6. The molecule has 44 heavy (non-hydrogen) atoms. The molecule has 2 amide bonds. The normalized spacial score (nSPS) is 30.2. The molecule has 8 nitrogen and oxygen atoms in total. The number of carbonyl (C=O) groups excluding carboxylic acids is 3. The molecule has 3 aliphatic rings. The van der Waals surface area contributed by atoms with Crippen molar-refractivity contribution in [3.63, 3.8) is 0 Å². The molecule has 1 spiro atoms. The Kier molecular flexibility index (Phi) is 9.58. The highest BCUT2D eigenvalue weighted by Crippen LogP contribution is 2.66. The van der Waals surface area contributed by atoms with E-state index in [4.69, 9.17) is 9.47 Å². The Morgan fingerprint density at radius 2 is 1.84 bits per heavy atom. The lowest BCUT2D eigenvalue weighted by atomic mass is 9.62. The maximum Gasteiger partial charge on any atom is 0.312 e. The summed E-state index contributed by atoms with van der Waals surface area (Å²) in [5.74, 6) is -3.02. The summed E-state index contributed by atoms with van der Waals surface area (Å²) >= 11 is 0. The minimum atomic E-state index is -1.26. The maximum atomic E-state index is 15.1. The molecule has 0 saturated carbocycles. The molecule has 4 rings (SSSR count). The van der Waals surface area contributed by atoms with E-state index < -0.39 is 53.2 Å². The van der Waals surface area contributed by atoms with Crippen molar-refractivity contribution in [2.45, 2.75) is 103 Å². The molecule has 0 aromatic heterocycles. The number of carbonyl (C=O) groups is 3. The lowest BCUT2D eigenvalue weighted by molar-refractivity contribution is -0.165. The van der Waals surface area contributed by atoms with Crippen molar-refractivity contribution in [1.29, 1.82) is 0 Å². The molecule has 7 atom stereocenters. The molecular weight excluding hydrogens is 556 g/mol. The van der Waals surface area contributed by atoms with Gasteiger partial charge in [0.15, 0.2) is 0 Å². The zero-order valence-electron chi connectivity index (χ0n) is 27.7. The van der Waals surface area contributed by atoms with Crippen LogP contribution in [0.25, 0.3) is 0 Å². The van der Waals surface area contributed by atoms with E-state index in [1.54, 1.807) is 17.1 Å². The van der Waals surface area contributed by atoms with Crippen LogP contribution in [0.3, 0.4) is 0 Å². The highest BCUT2D eigenvalue weighted by atomic mass is 16.6. The van der Waals surface area contributed by atoms with Crippen LogP contribution in [0.4, 0.5) is 0 Å². The van der Waals surface area contributed by atoms with Crippen LogP contribution < -0.4 is 0 Å². The standard InChI is InChI=1S/C36H52N2O6/c1-10-12-16-20-43-32(42)28-27-30(40)38(26(22-39)25-17-14-13-15-18-25)29(36(27)21-24(3)35(28,9)44-36)31(41)37(19-11-2)34(7,8)23-33(4,5)6/h10-11,13-15,17-18,24,26-29,39H,1-2,12,16,19-23H2,3-9H3/t24?,26-,27+,28+,29?,35-,36?/m1/s1. The third-order valence-corrected chi connectivity index (χ3v) is 10.0. The topological polar surface area (TPSA) is 96.4 Å². The molecule has 1 aromatic carbocycles. The van der Waals surface area contributed by atoms with Crippen molar-refractivity contribution in [1.82, 2.24) is 9.80 Å². The Morgan fingerprint density at radius 3 is 2.41 bits per heavy atom. The Balaban J connectivity index is 1.87. The van der Waals surface area contributed by atoms with Gasteiger partial charge in [-0.25, -0.2) is 0 Å². The van der Waals surface area contributed by atoms with Crippen molar-refractivity contribution in [2.75, 3.05) is 19.8 Å². The molecule has 0 aliphatic carbocycles. The van der Waals surface area contributed by atoms with Crippen LogP contribution in [0.1, 0.15) is 85.8 Å². The molecule has 3 heterocycles. The smallest absolute Gasteiger partial charge is 0.312 e. The number of aliphatic hydroxyl groups is 1. The van der Waals surface area contributed by atoms with Gasteiger partial charge in [-0.15, -0.1) is 13.2 Å². The molecule has 1 aromatic rings. The number of esters is 1. The summed E-state index contributed by atoms with van der Waals surface area (Å²) in [5.41, 5.74) is -2.21. The Morgan fingerprint density at radius 1 is 1.18 bits per heavy atom. The third kappa shape index (κ3) is 5.76. The lowest BCUT2D eigenvalue weighted by Gasteiger charge is -2.46. The number of nitrogens with zero attached hydrogens (tertiary/aromatic N) is 2. The van der Waals surface area contributed by atoms with E-state index in [2.05, 4.69) is 33.9 Å². The fraction of sp³-hybridized carbons (Fsp3) is 0.639. The number of fused-ring (bicyclic) bond motifs is 1. The Hall–Kier alpha value is -2.97. The van der Waals surface area contributed by atoms with Crippen LogP contribution in [-0.4, -0.2) is 75.2 Å². The van der Waals surface area contributed by atoms with Crippen molar-refractivity contribution in [3.05, 3.63) is 61.2 Å². The highest BCUT2D eigenvalue weighted by Gasteiger charge is 2.81. The quantitative estimate of drug-likeness (QED) is 0.181. The summed E-state index contributed by atoms with van der Waals surface area (Å²) in [4.78, 5) is 47.1. The van der Waals surface area contributed by atoms with Crippen LogP contribution in [0.2, 0.25) is 0 Å². The monoisotopic (exact) mass is 608 g/mol. The van der Waals surface area contributed by atoms with Gasteiger partial charge in [-0.1, -0.05) is 70.2 Å². The predicted octanol–water partition coefficient (Wildman–Crippen LogP) is 5.47. The van der Waals surface area contributed by atoms with Gasteiger partial charge in [0.1, 0.15) is 17.6 Å². The molecule has 1 N–H and O–H groups in total. The molecule has 3 aliphatic heterocycles. The van der Waals surface area contributed by atoms with E-state index in [9.17, 15) is 14.7 Å². The van der Waals surface area contributed by atoms with Crippen molar-refractivity contribution < 1.29 is 29.0 Å². The van der Waals surface area contributed by atoms with Crippen molar-refractivity contribution in [3.8, 4) is 0 Å². The van der Waals surface area contributed by atoms with Gasteiger partial charge >= 0.3 is 5.97 Å². The first kappa shape index (κ1) is 33.9. The molecule has 3 saturated heterocycles. The zero-order valence-corrected chi connectivity index (χ0v) is 27.7. The minimum absolute atomic E-state index is 0.0857. The van der Waals surface area contributed by atoms with E-state index in [1.165, 1.54) is 4.90 Å². The summed E-state index contributed by atoms with van der Waals surface area (Å²) in [6.45, 7) is 22.2. The number of aliphatic hydroxyl groups excluding tert-OH is 1. The molecule has 3 unspecified atom stereocenters. The second-order valence-electron chi connectivity index (χ2n) is 14.9. The Bertz CT molecular complexity index is 1250. The second-order valence-corrected chi connectivity index (χ2v) is 14.9. The van der Waals surface area contributed by atoms with Crippen LogP contribution >= 0.6 is 0 Å². The number of rotatable bonds is 13. The molecule has 0 radical (unpaired) electrons. The summed E-state index contributed by atoms with van der Waals surface area (Å²) in [5, 5.41) is 10.8. The summed E-state index contributed by atoms with van der Waals surface area (Å²) < 4.78 is 12.7. The first-order valence-electron chi connectivity index (χ1n) is 16.0. The average molecular weight is 609 g/mol. The van der Waals surface area contributed by atoms with Crippen LogP contribution in [0.15, 0.2) is 55.6 Å². The van der Waals surface area contributed by atoms with Crippen molar-refractivity contribution in [2.24, 2.45) is 23.2 Å². The Labute approximate surface area is 263 Å². The van der Waals surface area contributed by atoms with E-state index in [0.717, 1.165) is 0 Å². The molecule has 2 bridgehead atoms. The predicted molar refractivity (Wildman–Crippen MR) is 170 cm³/mol. The van der Waals surface area contributed by atoms with E-state index in [0.29, 0.717) is 31.2 Å². The zero-order chi connectivity index (χ0) is 32.7. The van der Waals surface area contributed by atoms with Gasteiger partial charge in [-0.2, -0.15) is 0 Å². The largest absolute Gasteiger partial charge is 0.465 e. The van der Waals surface area contributed by atoms with Gasteiger partial charge in [-0.05, 0) is 63.4 Å². The third-order valence-electron chi connectivity index (χ3n) is 10.0. The number of hydrogen-bond donors (Lipinski definition) is 1. The summed E-state index contributed by atoms with van der Waals surface area (Å²) in [7, 11) is 0. The van der Waals surface area contributed by atoms with Gasteiger partial charge in [0.25, 0.3) is 0 Å². The van der Waals surface area contributed by atoms with Gasteiger partial charge in [-0.3, -0.25) is 14.4 Å². The van der Waals surface area contributed by atoms with Crippen LogP contribution in [0, 0.1) is 23.2 Å². The van der Waals surface area contributed by atoms with Crippen molar-refractivity contribution >= 4 is 17.8 Å². The number of unbranched alkanes of at least 4 members (excludes halogenated alkanes) is 1. The number of allylic oxidation sites excluding steroid dienone is 1. The summed E-state index contributed by atoms with van der Waals surface area (Å²) in [6.07, 6.45) is 5.95. The fourth-order valence-electron chi connectivity index (χ4n) is 8.48. The number of amides is 2. The fourth-order valence-corrected chi connectivity index (χ4v) is 8.48.